The molecule has 0 aliphatic carbocycles. The lowest BCUT2D eigenvalue weighted by atomic mass is 9.82. The van der Waals surface area contributed by atoms with Gasteiger partial charge in [-0.3, -0.25) is 9.59 Å². The second kappa shape index (κ2) is 3.60. The monoisotopic (exact) mass is 184 g/mol. The van der Waals surface area contributed by atoms with Crippen LogP contribution in [0.2, 0.25) is 0 Å². The highest BCUT2D eigenvalue weighted by molar-refractivity contribution is 6.39. The highest BCUT2D eigenvalue weighted by Gasteiger charge is 2.30. The van der Waals surface area contributed by atoms with Crippen molar-refractivity contribution in [3.63, 3.8) is 0 Å². The maximum absolute atomic E-state index is 11.5. The first-order chi connectivity index (χ1) is 5.54. The number of carbonyl (C=O) groups is 2. The minimum Gasteiger partial charge on any atom is -0.291 e. The van der Waals surface area contributed by atoms with Gasteiger partial charge in [0.2, 0.25) is 5.78 Å². The Balaban J connectivity index is 4.40. The Labute approximate surface area is 80.7 Å². The number of ketones is 2. The van der Waals surface area contributed by atoms with E-state index in [9.17, 15) is 9.59 Å². The van der Waals surface area contributed by atoms with Crippen LogP contribution in [0.4, 0.5) is 0 Å². The van der Waals surface area contributed by atoms with E-state index in [-0.39, 0.29) is 17.0 Å². The van der Waals surface area contributed by atoms with Gasteiger partial charge in [0.05, 0.1) is 0 Å². The van der Waals surface area contributed by atoms with Crippen LogP contribution < -0.4 is 0 Å². The third-order valence-corrected chi connectivity index (χ3v) is 1.63. The summed E-state index contributed by atoms with van der Waals surface area (Å²) >= 11 is 0. The van der Waals surface area contributed by atoms with Gasteiger partial charge in [-0.15, -0.1) is 0 Å². The molecule has 0 aromatic carbocycles. The van der Waals surface area contributed by atoms with E-state index in [1.54, 1.807) is 20.8 Å². The summed E-state index contributed by atoms with van der Waals surface area (Å²) in [6.07, 6.45) is 0.336. The maximum Gasteiger partial charge on any atom is 0.203 e. The fraction of sp³-hybridized carbons (Fsp3) is 0.818. The molecule has 0 aromatic rings. The third-order valence-electron chi connectivity index (χ3n) is 1.63. The first kappa shape index (κ1) is 12.3. The van der Waals surface area contributed by atoms with Gasteiger partial charge in [0, 0.05) is 11.8 Å². The van der Waals surface area contributed by atoms with Crippen LogP contribution in [0.1, 0.15) is 48.0 Å². The summed E-state index contributed by atoms with van der Waals surface area (Å²) in [5.74, 6) is -0.512. The summed E-state index contributed by atoms with van der Waals surface area (Å²) in [4.78, 5) is 22.9. The molecule has 0 aromatic heterocycles. The molecule has 0 heterocycles. The molecule has 0 fully saturated rings. The smallest absolute Gasteiger partial charge is 0.203 e. The molecule has 0 atom stereocenters. The Morgan fingerprint density at radius 2 is 1.31 bits per heavy atom. The molecular formula is C11H20O2. The molecule has 0 amide bonds. The van der Waals surface area contributed by atoms with Crippen LogP contribution in [-0.2, 0) is 9.59 Å². The lowest BCUT2D eigenvalue weighted by Gasteiger charge is -2.20. The van der Waals surface area contributed by atoms with Crippen LogP contribution in [0.25, 0.3) is 0 Å². The Hall–Kier alpha value is -0.660. The minimum absolute atomic E-state index is 0.0992. The Morgan fingerprint density at radius 3 is 1.54 bits per heavy atom. The van der Waals surface area contributed by atoms with Gasteiger partial charge >= 0.3 is 0 Å². The second-order valence-corrected chi connectivity index (χ2v) is 5.74. The lowest BCUT2D eigenvalue weighted by Crippen LogP contribution is -2.31. The fourth-order valence-electron chi connectivity index (χ4n) is 0.980. The normalized spacial score (nSPS) is 12.8. The summed E-state index contributed by atoms with van der Waals surface area (Å²) in [5.41, 5.74) is -0.639. The van der Waals surface area contributed by atoms with Gasteiger partial charge in [-0.1, -0.05) is 41.5 Å². The Morgan fingerprint density at radius 1 is 0.923 bits per heavy atom. The Kier molecular flexibility index (Phi) is 3.42. The summed E-state index contributed by atoms with van der Waals surface area (Å²) in [7, 11) is 0. The van der Waals surface area contributed by atoms with Gasteiger partial charge in [0.15, 0.2) is 5.78 Å². The van der Waals surface area contributed by atoms with E-state index >= 15 is 0 Å². The van der Waals surface area contributed by atoms with Crippen LogP contribution in [-0.4, -0.2) is 11.6 Å². The molecule has 2 nitrogen and oxygen atoms in total. The van der Waals surface area contributed by atoms with Crippen molar-refractivity contribution in [1.29, 1.82) is 0 Å². The molecule has 0 unspecified atom stereocenters. The molecule has 0 bridgehead atoms. The summed E-state index contributed by atoms with van der Waals surface area (Å²) in [5, 5.41) is 0. The highest BCUT2D eigenvalue weighted by Crippen LogP contribution is 2.23. The van der Waals surface area contributed by atoms with Crippen molar-refractivity contribution < 1.29 is 9.59 Å². The fourth-order valence-corrected chi connectivity index (χ4v) is 0.980. The standard InChI is InChI=1S/C11H20O2/c1-10(2,3)7-8(12)9(13)11(4,5)6/h7H2,1-6H3. The first-order valence-corrected chi connectivity index (χ1v) is 4.62. The lowest BCUT2D eigenvalue weighted by molar-refractivity contribution is -0.142. The molecule has 76 valence electrons. The van der Waals surface area contributed by atoms with Crippen molar-refractivity contribution in [2.45, 2.75) is 48.0 Å². The van der Waals surface area contributed by atoms with Crippen molar-refractivity contribution in [3.05, 3.63) is 0 Å². The van der Waals surface area contributed by atoms with Gasteiger partial charge < -0.3 is 0 Å². The van der Waals surface area contributed by atoms with Crippen molar-refractivity contribution in [3.8, 4) is 0 Å². The van der Waals surface area contributed by atoms with E-state index in [1.807, 2.05) is 20.8 Å². The maximum atomic E-state index is 11.5. The quantitative estimate of drug-likeness (QED) is 0.618. The van der Waals surface area contributed by atoms with Crippen molar-refractivity contribution in [2.24, 2.45) is 10.8 Å². The average Bonchev–Trinajstić information content (AvgIpc) is 1.79. The molecule has 0 aliphatic rings. The van der Waals surface area contributed by atoms with Gasteiger partial charge in [0.1, 0.15) is 0 Å². The molecule has 2 heteroatoms. The zero-order valence-corrected chi connectivity index (χ0v) is 9.52. The topological polar surface area (TPSA) is 34.1 Å². The van der Waals surface area contributed by atoms with E-state index in [0.29, 0.717) is 6.42 Å². The molecule has 0 spiro atoms. The number of hydrogen-bond acceptors (Lipinski definition) is 2. The molecule has 0 aliphatic heterocycles. The number of hydrogen-bond donors (Lipinski definition) is 0. The second-order valence-electron chi connectivity index (χ2n) is 5.74. The number of rotatable bonds is 2. The molecule has 13 heavy (non-hydrogen) atoms. The van der Waals surface area contributed by atoms with Gasteiger partial charge in [-0.2, -0.15) is 0 Å². The van der Waals surface area contributed by atoms with Gasteiger partial charge in [-0.25, -0.2) is 0 Å². The molecule has 0 N–H and O–H groups in total. The molecule has 0 radical (unpaired) electrons. The SMILES string of the molecule is CC(C)(C)CC(=O)C(=O)C(C)(C)C. The van der Waals surface area contributed by atoms with E-state index in [4.69, 9.17) is 0 Å². The van der Waals surface area contributed by atoms with Crippen molar-refractivity contribution in [1.82, 2.24) is 0 Å². The van der Waals surface area contributed by atoms with E-state index in [1.165, 1.54) is 0 Å². The molecule has 0 saturated carbocycles. The van der Waals surface area contributed by atoms with E-state index in [0.717, 1.165) is 0 Å². The third kappa shape index (κ3) is 4.81. The van der Waals surface area contributed by atoms with E-state index < -0.39 is 5.41 Å². The summed E-state index contributed by atoms with van der Waals surface area (Å²) < 4.78 is 0. The van der Waals surface area contributed by atoms with Crippen LogP contribution in [0.3, 0.4) is 0 Å². The number of Topliss-reactive ketones (excluding diaryl/α,β-unsaturated/α-hetero) is 2. The van der Waals surface area contributed by atoms with Crippen molar-refractivity contribution >= 4 is 11.6 Å². The van der Waals surface area contributed by atoms with Crippen LogP contribution in [0.5, 0.6) is 0 Å². The zero-order chi connectivity index (χ0) is 10.9. The zero-order valence-electron chi connectivity index (χ0n) is 9.52. The minimum atomic E-state index is -0.539. The predicted molar refractivity (Wildman–Crippen MR) is 53.5 cm³/mol. The summed E-state index contributed by atoms with van der Waals surface area (Å²) in [6, 6.07) is 0. The predicted octanol–water partition coefficient (Wildman–Crippen LogP) is 2.61. The molecule has 0 rings (SSSR count). The van der Waals surface area contributed by atoms with E-state index in [2.05, 4.69) is 0 Å². The summed E-state index contributed by atoms with van der Waals surface area (Å²) in [6.45, 7) is 11.2. The average molecular weight is 184 g/mol. The Bertz CT molecular complexity index is 213. The molecule has 0 saturated heterocycles. The van der Waals surface area contributed by atoms with Gasteiger partial charge in [-0.05, 0) is 5.41 Å². The largest absolute Gasteiger partial charge is 0.291 e. The number of carbonyl (C=O) groups excluding carboxylic acids is 2. The highest BCUT2D eigenvalue weighted by atomic mass is 16.2. The van der Waals surface area contributed by atoms with Crippen molar-refractivity contribution in [2.75, 3.05) is 0 Å². The van der Waals surface area contributed by atoms with Crippen LogP contribution in [0.15, 0.2) is 0 Å². The van der Waals surface area contributed by atoms with Crippen LogP contribution in [0, 0.1) is 10.8 Å². The van der Waals surface area contributed by atoms with Gasteiger partial charge in [0.25, 0.3) is 0 Å². The van der Waals surface area contributed by atoms with Crippen LogP contribution >= 0.6 is 0 Å². The molecular weight excluding hydrogens is 164 g/mol. The first-order valence-electron chi connectivity index (χ1n) is 4.62.